The Morgan fingerprint density at radius 1 is 0.955 bits per heavy atom. The second-order valence-corrected chi connectivity index (χ2v) is 11.4. The molecule has 8 nitrogen and oxygen atoms in total. The van der Waals surface area contributed by atoms with E-state index in [9.17, 15) is 9.59 Å². The van der Waals surface area contributed by atoms with Crippen LogP contribution in [0.3, 0.4) is 0 Å². The van der Waals surface area contributed by atoms with E-state index in [4.69, 9.17) is 27.9 Å². The molecule has 44 heavy (non-hydrogen) atoms. The number of carbonyl (C=O) groups excluding carboxylic acids is 2. The number of halogens is 2. The summed E-state index contributed by atoms with van der Waals surface area (Å²) in [5.74, 6) is -0.556. The topological polar surface area (TPSA) is 105 Å². The van der Waals surface area contributed by atoms with Crippen molar-refractivity contribution in [1.82, 2.24) is 10.4 Å². The van der Waals surface area contributed by atoms with Gasteiger partial charge in [-0.15, -0.1) is 11.3 Å². The summed E-state index contributed by atoms with van der Waals surface area (Å²) in [5, 5.41) is 13.2. The number of thiazole rings is 1. The fourth-order valence-electron chi connectivity index (χ4n) is 4.20. The number of benzene rings is 4. The third-order valence-corrected chi connectivity index (χ3v) is 7.70. The molecule has 0 aliphatic rings. The lowest BCUT2D eigenvalue weighted by molar-refractivity contribution is -0.118. The van der Waals surface area contributed by atoms with E-state index >= 15 is 0 Å². The Labute approximate surface area is 268 Å². The molecule has 0 bridgehead atoms. The average Bonchev–Trinajstić information content (AvgIpc) is 3.47. The fourth-order valence-corrected chi connectivity index (χ4v) is 5.55. The van der Waals surface area contributed by atoms with Crippen LogP contribution in [0.2, 0.25) is 10.0 Å². The summed E-state index contributed by atoms with van der Waals surface area (Å²) < 4.78 is 5.59. The Kier molecular flexibility index (Phi) is 9.91. The Bertz CT molecular complexity index is 1800. The Morgan fingerprint density at radius 3 is 2.39 bits per heavy atom. The number of rotatable bonds is 10. The molecule has 222 valence electrons. The van der Waals surface area contributed by atoms with Crippen molar-refractivity contribution < 1.29 is 14.3 Å². The zero-order valence-corrected chi connectivity index (χ0v) is 26.1. The van der Waals surface area contributed by atoms with Crippen molar-refractivity contribution in [2.75, 3.05) is 17.2 Å². The van der Waals surface area contributed by atoms with Gasteiger partial charge in [0.2, 0.25) is 0 Å². The lowest BCUT2D eigenvalue weighted by Crippen LogP contribution is -2.21. The first-order chi connectivity index (χ1) is 21.2. The third-order valence-electron chi connectivity index (χ3n) is 6.38. The zero-order valence-electron chi connectivity index (χ0n) is 23.7. The highest BCUT2D eigenvalue weighted by Gasteiger charge is 2.13. The normalized spacial score (nSPS) is 10.9. The summed E-state index contributed by atoms with van der Waals surface area (Å²) in [6, 6.07) is 25.8. The number of nitrogens with zero attached hydrogens (tertiary/aromatic N) is 2. The van der Waals surface area contributed by atoms with Crippen molar-refractivity contribution in [2.24, 2.45) is 5.10 Å². The molecular formula is C33H27Cl2N5O3S. The van der Waals surface area contributed by atoms with E-state index in [0.29, 0.717) is 16.8 Å². The third kappa shape index (κ3) is 8.02. The van der Waals surface area contributed by atoms with Crippen LogP contribution in [0.25, 0.3) is 11.3 Å². The summed E-state index contributed by atoms with van der Waals surface area (Å²) in [5.41, 5.74) is 8.88. The van der Waals surface area contributed by atoms with Crippen molar-refractivity contribution in [1.29, 1.82) is 0 Å². The summed E-state index contributed by atoms with van der Waals surface area (Å²) in [4.78, 5) is 29.7. The molecule has 0 aliphatic carbocycles. The monoisotopic (exact) mass is 643 g/mol. The highest BCUT2D eigenvalue weighted by atomic mass is 35.5. The molecule has 4 aromatic carbocycles. The molecule has 11 heteroatoms. The van der Waals surface area contributed by atoms with Gasteiger partial charge in [-0.2, -0.15) is 5.10 Å². The lowest BCUT2D eigenvalue weighted by Gasteiger charge is -2.12. The minimum atomic E-state index is -0.385. The van der Waals surface area contributed by atoms with Crippen LogP contribution in [0.15, 0.2) is 95.4 Å². The summed E-state index contributed by atoms with van der Waals surface area (Å²) in [6.07, 6.45) is 1.41. The smallest absolute Gasteiger partial charge is 0.271 e. The van der Waals surface area contributed by atoms with E-state index in [2.05, 4.69) is 26.1 Å². The van der Waals surface area contributed by atoms with Gasteiger partial charge in [-0.25, -0.2) is 10.4 Å². The molecular weight excluding hydrogens is 617 g/mol. The number of anilines is 3. The molecule has 5 aromatic rings. The maximum atomic E-state index is 12.6. The summed E-state index contributed by atoms with van der Waals surface area (Å²) in [7, 11) is 0. The molecule has 0 aliphatic heterocycles. The van der Waals surface area contributed by atoms with Crippen LogP contribution in [0.1, 0.15) is 27.0 Å². The first-order valence-corrected chi connectivity index (χ1v) is 15.1. The van der Waals surface area contributed by atoms with Crippen molar-refractivity contribution in [3.8, 4) is 17.0 Å². The summed E-state index contributed by atoms with van der Waals surface area (Å²) >= 11 is 14.2. The van der Waals surface area contributed by atoms with Gasteiger partial charge in [0.25, 0.3) is 11.8 Å². The van der Waals surface area contributed by atoms with Gasteiger partial charge in [0.15, 0.2) is 17.5 Å². The quantitative estimate of drug-likeness (QED) is 0.105. The van der Waals surface area contributed by atoms with Gasteiger partial charge in [0.05, 0.1) is 22.0 Å². The van der Waals surface area contributed by atoms with Crippen molar-refractivity contribution in [3.05, 3.63) is 123 Å². The van der Waals surface area contributed by atoms with Crippen molar-refractivity contribution in [2.45, 2.75) is 13.8 Å². The van der Waals surface area contributed by atoms with Crippen LogP contribution in [-0.2, 0) is 4.79 Å². The maximum Gasteiger partial charge on any atom is 0.271 e. The molecule has 1 aromatic heterocycles. The van der Waals surface area contributed by atoms with Crippen LogP contribution >= 0.6 is 34.5 Å². The number of para-hydroxylation sites is 1. The molecule has 2 amide bonds. The molecule has 0 atom stereocenters. The zero-order chi connectivity index (χ0) is 31.1. The van der Waals surface area contributed by atoms with Crippen LogP contribution in [-0.4, -0.2) is 29.6 Å². The van der Waals surface area contributed by atoms with E-state index in [-0.39, 0.29) is 34.2 Å². The van der Waals surface area contributed by atoms with Gasteiger partial charge in [0.1, 0.15) is 0 Å². The minimum absolute atomic E-state index is 0.175. The molecule has 0 radical (unpaired) electrons. The minimum Gasteiger partial charge on any atom is -0.481 e. The van der Waals surface area contributed by atoms with Gasteiger partial charge < -0.3 is 15.4 Å². The SMILES string of the molecule is Cc1ccc(NC(=O)COc2c(Cl)cc(/C=N/NC(=O)c3ccc(-c4csc(Nc5ccccc5)n4)cc3)cc2Cl)c(C)c1. The molecule has 3 N–H and O–H groups in total. The first kappa shape index (κ1) is 30.7. The number of ether oxygens (including phenoxy) is 1. The van der Waals surface area contributed by atoms with Gasteiger partial charge in [-0.3, -0.25) is 9.59 Å². The molecule has 0 spiro atoms. The number of nitrogens with one attached hydrogen (secondary N) is 3. The van der Waals surface area contributed by atoms with Crippen LogP contribution < -0.4 is 20.8 Å². The predicted octanol–water partition coefficient (Wildman–Crippen LogP) is 8.26. The number of amides is 2. The van der Waals surface area contributed by atoms with E-state index in [1.165, 1.54) is 17.6 Å². The van der Waals surface area contributed by atoms with E-state index in [0.717, 1.165) is 33.2 Å². The van der Waals surface area contributed by atoms with Gasteiger partial charge in [-0.05, 0) is 67.4 Å². The maximum absolute atomic E-state index is 12.6. The molecule has 0 fully saturated rings. The van der Waals surface area contributed by atoms with Crippen LogP contribution in [0.4, 0.5) is 16.5 Å². The number of hydrazone groups is 1. The Morgan fingerprint density at radius 2 is 1.68 bits per heavy atom. The average molecular weight is 645 g/mol. The Balaban J connectivity index is 1.14. The Hall–Kier alpha value is -4.70. The standard InChI is InChI=1S/C33H27Cl2N5O3S/c1-20-8-13-28(21(2)14-20)38-30(41)18-43-31-26(34)15-22(16-27(31)35)17-36-40-32(42)24-11-9-23(10-12-24)29-19-44-33(39-29)37-25-6-4-3-5-7-25/h3-17,19H,18H2,1-2H3,(H,37,39)(H,38,41)(H,40,42)/b36-17+. The molecule has 5 rings (SSSR count). The molecule has 0 unspecified atom stereocenters. The molecule has 0 saturated carbocycles. The molecule has 1 heterocycles. The highest BCUT2D eigenvalue weighted by Crippen LogP contribution is 2.34. The number of aryl methyl sites for hydroxylation is 2. The summed E-state index contributed by atoms with van der Waals surface area (Å²) in [6.45, 7) is 3.63. The second-order valence-electron chi connectivity index (χ2n) is 9.77. The number of hydrogen-bond donors (Lipinski definition) is 3. The second kappa shape index (κ2) is 14.2. The van der Waals surface area contributed by atoms with Gasteiger partial charge in [-0.1, -0.05) is 71.2 Å². The van der Waals surface area contributed by atoms with E-state index in [1.54, 1.807) is 24.3 Å². The lowest BCUT2D eigenvalue weighted by atomic mass is 10.1. The first-order valence-electron chi connectivity index (χ1n) is 13.5. The van der Waals surface area contributed by atoms with Gasteiger partial charge >= 0.3 is 0 Å². The molecule has 0 saturated heterocycles. The predicted molar refractivity (Wildman–Crippen MR) is 179 cm³/mol. The van der Waals surface area contributed by atoms with Crippen LogP contribution in [0, 0.1) is 13.8 Å². The van der Waals surface area contributed by atoms with Gasteiger partial charge in [0, 0.05) is 27.9 Å². The largest absolute Gasteiger partial charge is 0.481 e. The van der Waals surface area contributed by atoms with E-state index < -0.39 is 0 Å². The number of hydrogen-bond acceptors (Lipinski definition) is 7. The fraction of sp³-hybridized carbons (Fsp3) is 0.0909. The number of carbonyl (C=O) groups is 2. The highest BCUT2D eigenvalue weighted by molar-refractivity contribution is 7.14. The number of aromatic nitrogens is 1. The van der Waals surface area contributed by atoms with Crippen LogP contribution in [0.5, 0.6) is 5.75 Å². The van der Waals surface area contributed by atoms with Crippen molar-refractivity contribution >= 4 is 69.1 Å². The van der Waals surface area contributed by atoms with E-state index in [1.807, 2.05) is 79.9 Å². The van der Waals surface area contributed by atoms with Crippen molar-refractivity contribution in [3.63, 3.8) is 0 Å².